The Labute approximate surface area is 149 Å². The number of hydrogen-bond acceptors (Lipinski definition) is 3. The van der Waals surface area contributed by atoms with Crippen LogP contribution in [0.2, 0.25) is 0 Å². The topological polar surface area (TPSA) is 70.6 Å². The van der Waals surface area contributed by atoms with E-state index >= 15 is 0 Å². The number of carbonyl (C=O) groups is 1. The van der Waals surface area contributed by atoms with Crippen LogP contribution in [0.4, 0.5) is 10.5 Å². The summed E-state index contributed by atoms with van der Waals surface area (Å²) in [7, 11) is 0. The summed E-state index contributed by atoms with van der Waals surface area (Å²) in [5, 5.41) is 14.9. The fourth-order valence-electron chi connectivity index (χ4n) is 2.56. The maximum atomic E-state index is 12.1. The van der Waals surface area contributed by atoms with Gasteiger partial charge in [0.2, 0.25) is 0 Å². The van der Waals surface area contributed by atoms with Crippen molar-refractivity contribution >= 4 is 11.7 Å². The van der Waals surface area contributed by atoms with Gasteiger partial charge in [0.05, 0.1) is 6.61 Å². The van der Waals surface area contributed by atoms with Crippen LogP contribution in [0.5, 0.6) is 0 Å². The Bertz CT molecular complexity index is 629. The highest BCUT2D eigenvalue weighted by Crippen LogP contribution is 2.18. The molecule has 2 aromatic carbocycles. The minimum absolute atomic E-state index is 0.0875. The van der Waals surface area contributed by atoms with Gasteiger partial charge in [-0.1, -0.05) is 42.5 Å². The third-order valence-electron chi connectivity index (χ3n) is 3.94. The molecule has 1 atom stereocenters. The standard InChI is InChI=1S/C20H26N2O3/c1-2-25-15-16-8-10-19(11-9-16)22-20(24)21-14-18(12-13-23)17-6-4-3-5-7-17/h3-11,18,23H,2,12-15H2,1H3,(H2,21,22,24). The maximum absolute atomic E-state index is 12.1. The lowest BCUT2D eigenvalue weighted by Gasteiger charge is -2.17. The SMILES string of the molecule is CCOCc1ccc(NC(=O)NCC(CCO)c2ccccc2)cc1. The molecule has 25 heavy (non-hydrogen) atoms. The summed E-state index contributed by atoms with van der Waals surface area (Å²) in [6.07, 6.45) is 0.608. The van der Waals surface area contributed by atoms with Gasteiger partial charge in [-0.2, -0.15) is 0 Å². The molecule has 0 bridgehead atoms. The van der Waals surface area contributed by atoms with Crippen molar-refractivity contribution in [3.05, 3.63) is 65.7 Å². The molecule has 0 aliphatic carbocycles. The summed E-state index contributed by atoms with van der Waals surface area (Å²) in [6, 6.07) is 17.2. The molecule has 0 radical (unpaired) electrons. The number of nitrogens with one attached hydrogen (secondary N) is 2. The lowest BCUT2D eigenvalue weighted by atomic mass is 9.96. The second kappa shape index (κ2) is 10.5. The van der Waals surface area contributed by atoms with Gasteiger partial charge in [-0.25, -0.2) is 4.79 Å². The molecule has 0 aromatic heterocycles. The molecular weight excluding hydrogens is 316 g/mol. The minimum atomic E-state index is -0.253. The average molecular weight is 342 g/mol. The summed E-state index contributed by atoms with van der Waals surface area (Å²) in [4.78, 5) is 12.1. The molecule has 0 aliphatic rings. The highest BCUT2D eigenvalue weighted by molar-refractivity contribution is 5.89. The highest BCUT2D eigenvalue weighted by Gasteiger charge is 2.12. The average Bonchev–Trinajstić information content (AvgIpc) is 2.65. The Kier molecular flexibility index (Phi) is 7.95. The largest absolute Gasteiger partial charge is 0.396 e. The van der Waals surface area contributed by atoms with E-state index in [1.54, 1.807) is 0 Å². The van der Waals surface area contributed by atoms with Crippen LogP contribution in [0.1, 0.15) is 30.4 Å². The maximum Gasteiger partial charge on any atom is 0.319 e. The second-order valence-corrected chi connectivity index (χ2v) is 5.79. The molecule has 2 amide bonds. The van der Waals surface area contributed by atoms with Gasteiger partial charge in [-0.15, -0.1) is 0 Å². The molecule has 2 aromatic rings. The van der Waals surface area contributed by atoms with Gasteiger partial charge in [0.1, 0.15) is 0 Å². The number of ether oxygens (including phenoxy) is 1. The summed E-state index contributed by atoms with van der Waals surface area (Å²) < 4.78 is 5.35. The fraction of sp³-hybridized carbons (Fsp3) is 0.350. The van der Waals surface area contributed by atoms with Crippen molar-refractivity contribution in [1.82, 2.24) is 5.32 Å². The predicted molar refractivity (Wildman–Crippen MR) is 99.7 cm³/mol. The van der Waals surface area contributed by atoms with Crippen LogP contribution in [0.15, 0.2) is 54.6 Å². The number of urea groups is 1. The quantitative estimate of drug-likeness (QED) is 0.653. The molecule has 0 heterocycles. The van der Waals surface area contributed by atoms with E-state index in [4.69, 9.17) is 4.74 Å². The van der Waals surface area contributed by atoms with E-state index < -0.39 is 0 Å². The molecule has 0 fully saturated rings. The minimum Gasteiger partial charge on any atom is -0.396 e. The summed E-state index contributed by atoms with van der Waals surface area (Å²) >= 11 is 0. The van der Waals surface area contributed by atoms with Gasteiger partial charge in [-0.3, -0.25) is 0 Å². The van der Waals surface area contributed by atoms with Gasteiger partial charge in [0, 0.05) is 31.4 Å². The lowest BCUT2D eigenvalue weighted by Crippen LogP contribution is -2.32. The van der Waals surface area contributed by atoms with Gasteiger partial charge in [0.25, 0.3) is 0 Å². The van der Waals surface area contributed by atoms with Crippen molar-refractivity contribution in [2.75, 3.05) is 25.1 Å². The monoisotopic (exact) mass is 342 g/mol. The van der Waals surface area contributed by atoms with E-state index in [-0.39, 0.29) is 18.6 Å². The molecular formula is C20H26N2O3. The highest BCUT2D eigenvalue weighted by atomic mass is 16.5. The van der Waals surface area contributed by atoms with E-state index in [1.807, 2.05) is 61.5 Å². The zero-order chi connectivity index (χ0) is 17.9. The number of benzene rings is 2. The number of aliphatic hydroxyl groups is 1. The van der Waals surface area contributed by atoms with E-state index in [0.717, 1.165) is 16.8 Å². The predicted octanol–water partition coefficient (Wildman–Crippen LogP) is 3.51. The molecule has 0 saturated heterocycles. The van der Waals surface area contributed by atoms with Crippen molar-refractivity contribution in [2.24, 2.45) is 0 Å². The molecule has 2 rings (SSSR count). The first-order chi connectivity index (χ1) is 12.2. The van der Waals surface area contributed by atoms with Gasteiger partial charge in [-0.05, 0) is 36.6 Å². The number of hydrogen-bond donors (Lipinski definition) is 3. The van der Waals surface area contributed by atoms with Gasteiger partial charge < -0.3 is 20.5 Å². The van der Waals surface area contributed by atoms with Crippen LogP contribution < -0.4 is 10.6 Å². The Hall–Kier alpha value is -2.37. The summed E-state index contributed by atoms with van der Waals surface area (Å²) in [5.41, 5.74) is 2.91. The Balaban J connectivity index is 1.84. The van der Waals surface area contributed by atoms with Crippen LogP contribution in [-0.4, -0.2) is 30.9 Å². The van der Waals surface area contributed by atoms with E-state index in [0.29, 0.717) is 26.2 Å². The van der Waals surface area contributed by atoms with Crippen LogP contribution in [0, 0.1) is 0 Å². The van der Waals surface area contributed by atoms with Crippen molar-refractivity contribution in [3.8, 4) is 0 Å². The van der Waals surface area contributed by atoms with Crippen LogP contribution >= 0.6 is 0 Å². The van der Waals surface area contributed by atoms with E-state index in [2.05, 4.69) is 10.6 Å². The van der Waals surface area contributed by atoms with Crippen molar-refractivity contribution in [2.45, 2.75) is 25.9 Å². The van der Waals surface area contributed by atoms with Crippen LogP contribution in [0.25, 0.3) is 0 Å². The van der Waals surface area contributed by atoms with Crippen molar-refractivity contribution in [3.63, 3.8) is 0 Å². The first-order valence-electron chi connectivity index (χ1n) is 8.60. The number of amides is 2. The molecule has 3 N–H and O–H groups in total. The van der Waals surface area contributed by atoms with Crippen LogP contribution in [-0.2, 0) is 11.3 Å². The van der Waals surface area contributed by atoms with Gasteiger partial charge >= 0.3 is 6.03 Å². The van der Waals surface area contributed by atoms with Crippen LogP contribution in [0.3, 0.4) is 0 Å². The Morgan fingerprint density at radius 3 is 2.48 bits per heavy atom. The lowest BCUT2D eigenvalue weighted by molar-refractivity contribution is 0.134. The van der Waals surface area contributed by atoms with Crippen molar-refractivity contribution < 1.29 is 14.6 Å². The van der Waals surface area contributed by atoms with Gasteiger partial charge in [0.15, 0.2) is 0 Å². The number of aliphatic hydroxyl groups excluding tert-OH is 1. The normalized spacial score (nSPS) is 11.8. The molecule has 0 spiro atoms. The zero-order valence-corrected chi connectivity index (χ0v) is 14.6. The van der Waals surface area contributed by atoms with E-state index in [9.17, 15) is 9.90 Å². The smallest absolute Gasteiger partial charge is 0.319 e. The number of rotatable bonds is 9. The molecule has 1 unspecified atom stereocenters. The first-order valence-corrected chi connectivity index (χ1v) is 8.60. The fourth-order valence-corrected chi connectivity index (χ4v) is 2.56. The number of carbonyl (C=O) groups excluding carboxylic acids is 1. The number of anilines is 1. The van der Waals surface area contributed by atoms with E-state index in [1.165, 1.54) is 0 Å². The molecule has 134 valence electrons. The summed E-state index contributed by atoms with van der Waals surface area (Å²) in [5.74, 6) is 0.0884. The van der Waals surface area contributed by atoms with Crippen molar-refractivity contribution in [1.29, 1.82) is 0 Å². The molecule has 5 heteroatoms. The third-order valence-corrected chi connectivity index (χ3v) is 3.94. The summed E-state index contributed by atoms with van der Waals surface area (Å²) in [6.45, 7) is 3.77. The Morgan fingerprint density at radius 2 is 1.84 bits per heavy atom. The molecule has 5 nitrogen and oxygen atoms in total. The molecule has 0 aliphatic heterocycles. The Morgan fingerprint density at radius 1 is 1.12 bits per heavy atom. The third kappa shape index (κ3) is 6.57. The zero-order valence-electron chi connectivity index (χ0n) is 14.6. The molecule has 0 saturated carbocycles. The first kappa shape index (κ1) is 19.0. The second-order valence-electron chi connectivity index (χ2n) is 5.79.